The summed E-state index contributed by atoms with van der Waals surface area (Å²) in [6.45, 7) is 0.623. The number of methoxy groups -OCH3 is 1. The van der Waals surface area contributed by atoms with Gasteiger partial charge in [0.1, 0.15) is 5.75 Å². The quantitative estimate of drug-likeness (QED) is 0.695. The third kappa shape index (κ3) is 1.73. The summed E-state index contributed by atoms with van der Waals surface area (Å²) >= 11 is 0. The van der Waals surface area contributed by atoms with Gasteiger partial charge in [-0.05, 0) is 17.7 Å². The Balaban J connectivity index is 2.52. The van der Waals surface area contributed by atoms with Gasteiger partial charge in [0.2, 0.25) is 5.91 Å². The molecule has 1 heterocycles. The topological polar surface area (TPSA) is 29.5 Å². The van der Waals surface area contributed by atoms with E-state index in [0.717, 1.165) is 16.9 Å². The average Bonchev–Trinajstić information content (AvgIpc) is 2.39. The largest absolute Gasteiger partial charge is 0.496 e. The Morgan fingerprint density at radius 3 is 2.87 bits per heavy atom. The van der Waals surface area contributed by atoms with Crippen LogP contribution in [0.5, 0.6) is 5.75 Å². The van der Waals surface area contributed by atoms with Crippen LogP contribution in [0.25, 0.3) is 6.08 Å². The van der Waals surface area contributed by atoms with Crippen molar-refractivity contribution in [2.24, 2.45) is 0 Å². The van der Waals surface area contributed by atoms with Gasteiger partial charge in [-0.15, -0.1) is 0 Å². The molecule has 15 heavy (non-hydrogen) atoms. The van der Waals surface area contributed by atoms with Gasteiger partial charge in [0.05, 0.1) is 7.11 Å². The second-order valence-corrected chi connectivity index (χ2v) is 3.56. The lowest BCUT2D eigenvalue weighted by Gasteiger charge is -2.15. The van der Waals surface area contributed by atoms with Gasteiger partial charge in [-0.3, -0.25) is 4.79 Å². The first-order valence-electron chi connectivity index (χ1n) is 4.81. The molecule has 1 aromatic rings. The number of fused-ring (bicyclic) bond motifs is 1. The van der Waals surface area contributed by atoms with E-state index in [9.17, 15) is 4.79 Å². The highest BCUT2D eigenvalue weighted by atomic mass is 16.5. The van der Waals surface area contributed by atoms with Gasteiger partial charge in [0, 0.05) is 25.2 Å². The van der Waals surface area contributed by atoms with Crippen LogP contribution in [0.15, 0.2) is 24.3 Å². The van der Waals surface area contributed by atoms with Gasteiger partial charge < -0.3 is 9.64 Å². The molecule has 0 bridgehead atoms. The molecule has 0 aromatic heterocycles. The lowest BCUT2D eigenvalue weighted by molar-refractivity contribution is -0.125. The maximum Gasteiger partial charge on any atom is 0.246 e. The number of amides is 1. The fourth-order valence-corrected chi connectivity index (χ4v) is 1.71. The normalized spacial score (nSPS) is 14.8. The summed E-state index contributed by atoms with van der Waals surface area (Å²) in [6.07, 6.45) is 3.40. The van der Waals surface area contributed by atoms with Crippen LogP contribution < -0.4 is 4.74 Å². The maximum absolute atomic E-state index is 11.5. The first-order chi connectivity index (χ1) is 7.22. The number of rotatable bonds is 1. The molecule has 1 aliphatic rings. The summed E-state index contributed by atoms with van der Waals surface area (Å²) in [5.41, 5.74) is 2.11. The zero-order valence-electron chi connectivity index (χ0n) is 8.86. The van der Waals surface area contributed by atoms with Crippen molar-refractivity contribution in [3.05, 3.63) is 35.4 Å². The van der Waals surface area contributed by atoms with Gasteiger partial charge in [-0.2, -0.15) is 0 Å². The smallest absolute Gasteiger partial charge is 0.246 e. The fraction of sp³-hybridized carbons (Fsp3) is 0.250. The van der Waals surface area contributed by atoms with E-state index in [4.69, 9.17) is 4.74 Å². The predicted molar refractivity (Wildman–Crippen MR) is 58.5 cm³/mol. The molecule has 1 aromatic carbocycles. The molecule has 1 amide bonds. The molecule has 1 aliphatic heterocycles. The van der Waals surface area contributed by atoms with Gasteiger partial charge in [0.15, 0.2) is 0 Å². The Kier molecular flexibility index (Phi) is 2.46. The molecule has 78 valence electrons. The minimum atomic E-state index is 0.0215. The summed E-state index contributed by atoms with van der Waals surface area (Å²) in [4.78, 5) is 13.2. The van der Waals surface area contributed by atoms with E-state index in [1.807, 2.05) is 24.3 Å². The molecule has 0 spiro atoms. The third-order valence-electron chi connectivity index (χ3n) is 2.55. The third-order valence-corrected chi connectivity index (χ3v) is 2.55. The Labute approximate surface area is 89.0 Å². The molecule has 0 saturated carbocycles. The maximum atomic E-state index is 11.5. The van der Waals surface area contributed by atoms with E-state index in [1.54, 1.807) is 25.1 Å². The number of likely N-dealkylation sites (N-methyl/N-ethyl adjacent to an activating group) is 1. The fourth-order valence-electron chi connectivity index (χ4n) is 1.71. The predicted octanol–water partition coefficient (Wildman–Crippen LogP) is 1.68. The van der Waals surface area contributed by atoms with Crippen molar-refractivity contribution in [3.63, 3.8) is 0 Å². The molecule has 0 saturated heterocycles. The van der Waals surface area contributed by atoms with Crippen molar-refractivity contribution in [3.8, 4) is 5.75 Å². The van der Waals surface area contributed by atoms with Crippen LogP contribution in [0.3, 0.4) is 0 Å². The summed E-state index contributed by atoms with van der Waals surface area (Å²) in [6, 6.07) is 5.85. The summed E-state index contributed by atoms with van der Waals surface area (Å²) in [7, 11) is 3.43. The highest BCUT2D eigenvalue weighted by Crippen LogP contribution is 2.26. The Bertz CT molecular complexity index is 424. The van der Waals surface area contributed by atoms with Crippen molar-refractivity contribution in [1.29, 1.82) is 0 Å². The zero-order chi connectivity index (χ0) is 10.8. The van der Waals surface area contributed by atoms with E-state index in [0.29, 0.717) is 6.54 Å². The lowest BCUT2D eigenvalue weighted by atomic mass is 10.1. The van der Waals surface area contributed by atoms with Crippen molar-refractivity contribution in [2.75, 3.05) is 14.2 Å². The molecule has 0 aliphatic carbocycles. The van der Waals surface area contributed by atoms with Gasteiger partial charge in [-0.1, -0.05) is 12.1 Å². The molecule has 0 N–H and O–H groups in total. The number of hydrogen-bond acceptors (Lipinski definition) is 2. The number of hydrogen-bond donors (Lipinski definition) is 0. The zero-order valence-corrected chi connectivity index (χ0v) is 8.86. The molecule has 0 unspecified atom stereocenters. The molecule has 3 heteroatoms. The van der Waals surface area contributed by atoms with Gasteiger partial charge >= 0.3 is 0 Å². The second kappa shape index (κ2) is 3.77. The van der Waals surface area contributed by atoms with Crippen molar-refractivity contribution >= 4 is 12.0 Å². The summed E-state index contributed by atoms with van der Waals surface area (Å²) < 4.78 is 5.26. The Morgan fingerprint density at radius 2 is 2.13 bits per heavy atom. The first-order valence-corrected chi connectivity index (χ1v) is 4.81. The van der Waals surface area contributed by atoms with E-state index < -0.39 is 0 Å². The van der Waals surface area contributed by atoms with E-state index in [2.05, 4.69) is 0 Å². The minimum Gasteiger partial charge on any atom is -0.496 e. The number of benzene rings is 1. The number of nitrogens with zero attached hydrogens (tertiary/aromatic N) is 1. The average molecular weight is 203 g/mol. The Hall–Kier alpha value is -1.77. The number of carbonyl (C=O) groups excluding carboxylic acids is 1. The van der Waals surface area contributed by atoms with E-state index in [-0.39, 0.29) is 5.91 Å². The standard InChI is InChI=1S/C12H13NO2/c1-13-8-9-4-3-5-11(15-2)10(9)6-7-12(13)14/h3-7H,8H2,1-2H3. The van der Waals surface area contributed by atoms with Crippen molar-refractivity contribution in [2.45, 2.75) is 6.54 Å². The molecule has 2 rings (SSSR count). The first kappa shape index (κ1) is 9.77. The van der Waals surface area contributed by atoms with Crippen molar-refractivity contribution in [1.82, 2.24) is 4.90 Å². The van der Waals surface area contributed by atoms with Crippen LogP contribution in [-0.2, 0) is 11.3 Å². The second-order valence-electron chi connectivity index (χ2n) is 3.56. The van der Waals surface area contributed by atoms with Crippen molar-refractivity contribution < 1.29 is 9.53 Å². The van der Waals surface area contributed by atoms with Crippen LogP contribution in [0.4, 0.5) is 0 Å². The van der Waals surface area contributed by atoms with Crippen LogP contribution >= 0.6 is 0 Å². The number of carbonyl (C=O) groups is 1. The molecule has 0 radical (unpaired) electrons. The van der Waals surface area contributed by atoms with E-state index in [1.165, 1.54) is 0 Å². The van der Waals surface area contributed by atoms with Gasteiger partial charge in [0.25, 0.3) is 0 Å². The highest BCUT2D eigenvalue weighted by molar-refractivity contribution is 5.93. The molecule has 0 atom stereocenters. The molecule has 0 fully saturated rings. The van der Waals surface area contributed by atoms with Crippen LogP contribution in [0, 0.1) is 0 Å². The lowest BCUT2D eigenvalue weighted by Crippen LogP contribution is -2.23. The molecular formula is C12H13NO2. The molecule has 3 nitrogen and oxygen atoms in total. The number of ether oxygens (including phenoxy) is 1. The molecular weight excluding hydrogens is 190 g/mol. The monoisotopic (exact) mass is 203 g/mol. The summed E-state index contributed by atoms with van der Waals surface area (Å²) in [5.74, 6) is 0.833. The van der Waals surface area contributed by atoms with Gasteiger partial charge in [-0.25, -0.2) is 0 Å². The Morgan fingerprint density at radius 1 is 1.33 bits per heavy atom. The van der Waals surface area contributed by atoms with Crippen LogP contribution in [0.1, 0.15) is 11.1 Å². The van der Waals surface area contributed by atoms with E-state index >= 15 is 0 Å². The highest BCUT2D eigenvalue weighted by Gasteiger charge is 2.14. The minimum absolute atomic E-state index is 0.0215. The summed E-state index contributed by atoms with van der Waals surface area (Å²) in [5, 5.41) is 0. The van der Waals surface area contributed by atoms with Crippen LogP contribution in [-0.4, -0.2) is 25.0 Å². The van der Waals surface area contributed by atoms with Crippen LogP contribution in [0.2, 0.25) is 0 Å². The SMILES string of the molecule is COc1cccc2c1C=CC(=O)N(C)C2.